The van der Waals surface area contributed by atoms with E-state index in [-0.39, 0.29) is 11.6 Å². The molecule has 2 aromatic carbocycles. The van der Waals surface area contributed by atoms with Gasteiger partial charge in [-0.2, -0.15) is 0 Å². The maximum atomic E-state index is 11.3. The Labute approximate surface area is 141 Å². The minimum Gasteiger partial charge on any atom is -0.496 e. The molecule has 0 aliphatic carbocycles. The number of hydrogen-bond acceptors (Lipinski definition) is 4. The molecule has 1 atom stereocenters. The zero-order chi connectivity index (χ0) is 17.1. The fraction of sp³-hybridized carbons (Fsp3) is 0.316. The Balaban J connectivity index is 1.74. The van der Waals surface area contributed by atoms with Gasteiger partial charge >= 0.3 is 5.97 Å². The van der Waals surface area contributed by atoms with Crippen LogP contribution in [-0.2, 0) is 13.0 Å². The van der Waals surface area contributed by atoms with E-state index < -0.39 is 5.97 Å². The first kappa shape index (κ1) is 16.3. The number of rotatable bonds is 6. The summed E-state index contributed by atoms with van der Waals surface area (Å²) in [6, 6.07) is 11.4. The molecule has 0 spiro atoms. The Morgan fingerprint density at radius 2 is 2.21 bits per heavy atom. The smallest absolute Gasteiger partial charge is 0.339 e. The van der Waals surface area contributed by atoms with E-state index in [4.69, 9.17) is 9.47 Å². The van der Waals surface area contributed by atoms with Gasteiger partial charge in [0.25, 0.3) is 0 Å². The zero-order valence-electron chi connectivity index (χ0n) is 13.8. The Bertz CT molecular complexity index is 757. The van der Waals surface area contributed by atoms with Crippen LogP contribution >= 0.6 is 0 Å². The van der Waals surface area contributed by atoms with E-state index in [1.807, 2.05) is 19.1 Å². The van der Waals surface area contributed by atoms with Gasteiger partial charge in [0.1, 0.15) is 17.1 Å². The van der Waals surface area contributed by atoms with Crippen molar-refractivity contribution in [2.24, 2.45) is 0 Å². The van der Waals surface area contributed by atoms with E-state index in [2.05, 4.69) is 17.4 Å². The molecule has 0 saturated carbocycles. The lowest BCUT2D eigenvalue weighted by atomic mass is 10.0. The summed E-state index contributed by atoms with van der Waals surface area (Å²) in [5.74, 6) is 0.362. The largest absolute Gasteiger partial charge is 0.496 e. The van der Waals surface area contributed by atoms with Crippen LogP contribution in [0.3, 0.4) is 0 Å². The summed E-state index contributed by atoms with van der Waals surface area (Å²) < 4.78 is 10.8. The molecular formula is C19H21NO4. The molecule has 0 saturated heterocycles. The van der Waals surface area contributed by atoms with Gasteiger partial charge in [0.2, 0.25) is 0 Å². The molecule has 2 N–H and O–H groups in total. The SMILES string of the molecule is COc1ccc([C@H](C)NCc2cccc3c2OCC3)cc1C(=O)O. The highest BCUT2D eigenvalue weighted by atomic mass is 16.5. The molecule has 0 aromatic heterocycles. The van der Waals surface area contributed by atoms with Crippen LogP contribution in [0.15, 0.2) is 36.4 Å². The normalized spacial score (nSPS) is 13.9. The topological polar surface area (TPSA) is 67.8 Å². The summed E-state index contributed by atoms with van der Waals surface area (Å²) >= 11 is 0. The van der Waals surface area contributed by atoms with Gasteiger partial charge in [0, 0.05) is 24.6 Å². The number of aromatic carboxylic acids is 1. The molecule has 0 radical (unpaired) electrons. The van der Waals surface area contributed by atoms with Crippen LogP contribution in [0.1, 0.15) is 40.0 Å². The van der Waals surface area contributed by atoms with E-state index in [0.717, 1.165) is 29.9 Å². The molecule has 0 amide bonds. The van der Waals surface area contributed by atoms with Crippen molar-refractivity contribution in [3.8, 4) is 11.5 Å². The molecule has 0 bridgehead atoms. The number of benzene rings is 2. The molecule has 126 valence electrons. The number of methoxy groups -OCH3 is 1. The van der Waals surface area contributed by atoms with Gasteiger partial charge in [-0.25, -0.2) is 4.79 Å². The van der Waals surface area contributed by atoms with Crippen molar-refractivity contribution in [2.45, 2.75) is 25.9 Å². The molecule has 5 heteroatoms. The van der Waals surface area contributed by atoms with Crippen LogP contribution in [0.5, 0.6) is 11.5 Å². The molecule has 2 aromatic rings. The molecule has 0 unspecified atom stereocenters. The highest BCUT2D eigenvalue weighted by molar-refractivity contribution is 5.91. The van der Waals surface area contributed by atoms with Crippen molar-refractivity contribution < 1.29 is 19.4 Å². The molecule has 5 nitrogen and oxygen atoms in total. The lowest BCUT2D eigenvalue weighted by molar-refractivity contribution is 0.0693. The van der Waals surface area contributed by atoms with Crippen LogP contribution in [0, 0.1) is 0 Å². The Hall–Kier alpha value is -2.53. The van der Waals surface area contributed by atoms with Gasteiger partial charge in [-0.1, -0.05) is 24.3 Å². The fourth-order valence-electron chi connectivity index (χ4n) is 2.97. The van der Waals surface area contributed by atoms with E-state index in [0.29, 0.717) is 12.3 Å². The molecular weight excluding hydrogens is 306 g/mol. The number of fused-ring (bicyclic) bond motifs is 1. The average molecular weight is 327 g/mol. The number of carboxylic acids is 1. The average Bonchev–Trinajstić information content (AvgIpc) is 3.08. The zero-order valence-corrected chi connectivity index (χ0v) is 13.8. The van der Waals surface area contributed by atoms with Crippen molar-refractivity contribution in [3.63, 3.8) is 0 Å². The molecule has 1 aliphatic heterocycles. The third-order valence-electron chi connectivity index (χ3n) is 4.35. The van der Waals surface area contributed by atoms with Gasteiger partial charge in [-0.15, -0.1) is 0 Å². The van der Waals surface area contributed by atoms with Crippen molar-refractivity contribution in [2.75, 3.05) is 13.7 Å². The van der Waals surface area contributed by atoms with E-state index >= 15 is 0 Å². The summed E-state index contributed by atoms with van der Waals surface area (Å²) in [7, 11) is 1.47. The summed E-state index contributed by atoms with van der Waals surface area (Å²) in [6.45, 7) is 3.42. The molecule has 3 rings (SSSR count). The van der Waals surface area contributed by atoms with Crippen LogP contribution in [-0.4, -0.2) is 24.8 Å². The first-order valence-corrected chi connectivity index (χ1v) is 7.98. The minimum absolute atomic E-state index is 0.00580. The summed E-state index contributed by atoms with van der Waals surface area (Å²) in [6.07, 6.45) is 0.958. The number of nitrogens with one attached hydrogen (secondary N) is 1. The van der Waals surface area contributed by atoms with Crippen molar-refractivity contribution in [3.05, 3.63) is 58.7 Å². The van der Waals surface area contributed by atoms with Crippen molar-refractivity contribution in [1.82, 2.24) is 5.32 Å². The summed E-state index contributed by atoms with van der Waals surface area (Å²) in [5, 5.41) is 12.7. The van der Waals surface area contributed by atoms with Gasteiger partial charge in [-0.3, -0.25) is 0 Å². The van der Waals surface area contributed by atoms with E-state index in [1.165, 1.54) is 12.7 Å². The Kier molecular flexibility index (Phi) is 4.71. The maximum absolute atomic E-state index is 11.3. The minimum atomic E-state index is -0.991. The number of hydrogen-bond donors (Lipinski definition) is 2. The Morgan fingerprint density at radius 3 is 2.96 bits per heavy atom. The fourth-order valence-corrected chi connectivity index (χ4v) is 2.97. The highest BCUT2D eigenvalue weighted by Crippen LogP contribution is 2.30. The number of carbonyl (C=O) groups is 1. The molecule has 1 heterocycles. The van der Waals surface area contributed by atoms with Gasteiger partial charge in [-0.05, 0) is 30.2 Å². The first-order valence-electron chi connectivity index (χ1n) is 7.98. The number of para-hydroxylation sites is 1. The van der Waals surface area contributed by atoms with E-state index in [1.54, 1.807) is 12.1 Å². The van der Waals surface area contributed by atoms with Crippen molar-refractivity contribution >= 4 is 5.97 Å². The Morgan fingerprint density at radius 1 is 1.38 bits per heavy atom. The van der Waals surface area contributed by atoms with Crippen LogP contribution in [0.4, 0.5) is 0 Å². The van der Waals surface area contributed by atoms with Crippen molar-refractivity contribution in [1.29, 1.82) is 0 Å². The standard InChI is InChI=1S/C19H21NO4/c1-12(14-6-7-17(23-2)16(10-14)19(21)22)20-11-15-5-3-4-13-8-9-24-18(13)15/h3-7,10,12,20H,8-9,11H2,1-2H3,(H,21,22)/t12-/m0/s1. The second-order valence-electron chi connectivity index (χ2n) is 5.87. The monoisotopic (exact) mass is 327 g/mol. The lowest BCUT2D eigenvalue weighted by Gasteiger charge is -2.17. The third kappa shape index (κ3) is 3.21. The molecule has 24 heavy (non-hydrogen) atoms. The second-order valence-corrected chi connectivity index (χ2v) is 5.87. The van der Waals surface area contributed by atoms with E-state index in [9.17, 15) is 9.90 Å². The summed E-state index contributed by atoms with van der Waals surface area (Å²) in [4.78, 5) is 11.3. The number of ether oxygens (including phenoxy) is 2. The quantitative estimate of drug-likeness (QED) is 0.853. The first-order chi connectivity index (χ1) is 11.6. The predicted octanol–water partition coefficient (Wildman–Crippen LogP) is 3.18. The summed E-state index contributed by atoms with van der Waals surface area (Å²) in [5.41, 5.74) is 3.46. The lowest BCUT2D eigenvalue weighted by Crippen LogP contribution is -2.19. The van der Waals surface area contributed by atoms with Crippen LogP contribution in [0.2, 0.25) is 0 Å². The van der Waals surface area contributed by atoms with Gasteiger partial charge < -0.3 is 19.9 Å². The second kappa shape index (κ2) is 6.93. The number of carboxylic acid groups (broad SMARTS) is 1. The molecule has 0 fully saturated rings. The van der Waals surface area contributed by atoms with Crippen LogP contribution < -0.4 is 14.8 Å². The third-order valence-corrected chi connectivity index (χ3v) is 4.35. The van der Waals surface area contributed by atoms with Crippen LogP contribution in [0.25, 0.3) is 0 Å². The molecule has 1 aliphatic rings. The van der Waals surface area contributed by atoms with Gasteiger partial charge in [0.05, 0.1) is 13.7 Å². The predicted molar refractivity (Wildman–Crippen MR) is 90.8 cm³/mol. The maximum Gasteiger partial charge on any atom is 0.339 e. The van der Waals surface area contributed by atoms with Gasteiger partial charge in [0.15, 0.2) is 0 Å². The highest BCUT2D eigenvalue weighted by Gasteiger charge is 2.17.